The predicted molar refractivity (Wildman–Crippen MR) is 76.3 cm³/mol. The molecule has 0 bridgehead atoms. The molecule has 3 atom stereocenters. The van der Waals surface area contributed by atoms with Gasteiger partial charge in [-0.15, -0.1) is 0 Å². The van der Waals surface area contributed by atoms with Crippen molar-refractivity contribution in [2.75, 3.05) is 12.3 Å². The van der Waals surface area contributed by atoms with Crippen molar-refractivity contribution in [1.82, 2.24) is 0 Å². The van der Waals surface area contributed by atoms with Crippen LogP contribution in [0.4, 0.5) is 0 Å². The van der Waals surface area contributed by atoms with E-state index in [1.54, 1.807) is 12.1 Å². The van der Waals surface area contributed by atoms with Crippen molar-refractivity contribution in [3.63, 3.8) is 0 Å². The molecule has 1 aromatic carbocycles. The lowest BCUT2D eigenvalue weighted by atomic mass is 9.99. The summed E-state index contributed by atoms with van der Waals surface area (Å²) in [4.78, 5) is 11.6. The Bertz CT molecular complexity index is 623. The van der Waals surface area contributed by atoms with E-state index in [2.05, 4.69) is 0 Å². The fraction of sp³-hybridized carbons (Fsp3) is 0.500. The van der Waals surface area contributed by atoms with Crippen molar-refractivity contribution < 1.29 is 18.3 Å². The largest absolute Gasteiger partial charge is 0.481 e. The molecule has 0 radical (unpaired) electrons. The molecule has 1 fully saturated rings. The summed E-state index contributed by atoms with van der Waals surface area (Å²) < 4.78 is 24.3. The van der Waals surface area contributed by atoms with E-state index < -0.39 is 32.4 Å². The van der Waals surface area contributed by atoms with Crippen LogP contribution in [0.3, 0.4) is 0 Å². The minimum absolute atomic E-state index is 0.0743. The lowest BCUT2D eigenvalue weighted by molar-refractivity contribution is -0.143. The number of carboxylic acid groups (broad SMARTS) is 1. The first-order valence-electron chi connectivity index (χ1n) is 6.53. The van der Waals surface area contributed by atoms with Crippen molar-refractivity contribution in [3.8, 4) is 0 Å². The Morgan fingerprint density at radius 1 is 1.35 bits per heavy atom. The molecule has 2 rings (SSSR count). The molecule has 5 nitrogen and oxygen atoms in total. The third kappa shape index (κ3) is 2.03. The first-order valence-corrected chi connectivity index (χ1v) is 8.24. The predicted octanol–water partition coefficient (Wildman–Crippen LogP) is 0.925. The van der Waals surface area contributed by atoms with Crippen LogP contribution in [0.2, 0.25) is 0 Å². The van der Waals surface area contributed by atoms with Gasteiger partial charge in [0.15, 0.2) is 9.84 Å². The van der Waals surface area contributed by atoms with Gasteiger partial charge in [0.2, 0.25) is 0 Å². The second-order valence-electron chi connectivity index (χ2n) is 5.31. The van der Waals surface area contributed by atoms with Gasteiger partial charge in [0, 0.05) is 18.2 Å². The molecular weight excluding hydrogens is 278 g/mol. The molecule has 3 N–H and O–H groups in total. The van der Waals surface area contributed by atoms with Crippen LogP contribution in [0.25, 0.3) is 0 Å². The van der Waals surface area contributed by atoms with Crippen LogP contribution in [0, 0.1) is 12.3 Å². The molecule has 1 aliphatic rings. The van der Waals surface area contributed by atoms with Crippen molar-refractivity contribution in [3.05, 3.63) is 35.4 Å². The molecule has 0 spiro atoms. The second-order valence-corrected chi connectivity index (χ2v) is 7.72. The summed E-state index contributed by atoms with van der Waals surface area (Å²) in [5, 5.41) is 8.55. The number of aliphatic carboxylic acids is 1. The lowest BCUT2D eigenvalue weighted by Crippen LogP contribution is -2.32. The zero-order valence-corrected chi connectivity index (χ0v) is 12.4. The average Bonchev–Trinajstić information content (AvgIpc) is 3.11. The Morgan fingerprint density at radius 2 is 1.90 bits per heavy atom. The van der Waals surface area contributed by atoms with Crippen LogP contribution < -0.4 is 5.73 Å². The lowest BCUT2D eigenvalue weighted by Gasteiger charge is -2.09. The van der Waals surface area contributed by atoms with Crippen LogP contribution in [0.1, 0.15) is 24.0 Å². The number of carbonyl (C=O) groups is 1. The highest BCUT2D eigenvalue weighted by Crippen LogP contribution is 2.62. The number of aryl methyl sites for hydroxylation is 1. The highest BCUT2D eigenvalue weighted by atomic mass is 32.2. The van der Waals surface area contributed by atoms with Crippen molar-refractivity contribution in [2.45, 2.75) is 25.0 Å². The summed E-state index contributed by atoms with van der Waals surface area (Å²) in [6.07, 6.45) is 0. The van der Waals surface area contributed by atoms with Crippen molar-refractivity contribution in [2.24, 2.45) is 11.1 Å². The van der Waals surface area contributed by atoms with Gasteiger partial charge in [-0.05, 0) is 12.5 Å². The number of rotatable bonds is 5. The highest BCUT2D eigenvalue weighted by Gasteiger charge is 2.74. The van der Waals surface area contributed by atoms with Crippen LogP contribution in [0.15, 0.2) is 24.3 Å². The van der Waals surface area contributed by atoms with E-state index in [0.29, 0.717) is 0 Å². The Morgan fingerprint density at radius 3 is 2.30 bits per heavy atom. The fourth-order valence-electron chi connectivity index (χ4n) is 2.94. The molecule has 110 valence electrons. The Balaban J connectivity index is 2.50. The van der Waals surface area contributed by atoms with Crippen molar-refractivity contribution in [1.29, 1.82) is 0 Å². The van der Waals surface area contributed by atoms with Gasteiger partial charge >= 0.3 is 5.97 Å². The van der Waals surface area contributed by atoms with Gasteiger partial charge in [0.25, 0.3) is 0 Å². The van der Waals surface area contributed by atoms with Crippen LogP contribution in [-0.2, 0) is 14.6 Å². The summed E-state index contributed by atoms with van der Waals surface area (Å²) in [6.45, 7) is 3.28. The maximum absolute atomic E-state index is 12.2. The molecule has 0 saturated heterocycles. The molecule has 0 aliphatic heterocycles. The molecule has 0 heterocycles. The third-order valence-electron chi connectivity index (χ3n) is 4.22. The van der Waals surface area contributed by atoms with Gasteiger partial charge in [-0.1, -0.05) is 36.8 Å². The van der Waals surface area contributed by atoms with Gasteiger partial charge in [-0.3, -0.25) is 4.79 Å². The molecule has 1 saturated carbocycles. The van der Waals surface area contributed by atoms with Gasteiger partial charge < -0.3 is 10.8 Å². The molecule has 0 unspecified atom stereocenters. The van der Waals surface area contributed by atoms with E-state index in [0.717, 1.165) is 11.1 Å². The zero-order chi connectivity index (χ0) is 15.1. The van der Waals surface area contributed by atoms with Gasteiger partial charge in [0.05, 0.1) is 5.25 Å². The number of nitrogens with two attached hydrogens (primary N) is 1. The standard InChI is InChI=1S/C14H19NO4S/c1-3-20(18,19)12-11(14(12,8-15)13(16)17)10-6-4-9(2)5-7-10/h4-7,11-12H,3,8,15H2,1-2H3,(H,16,17)/t11-,12-,14-/m1/s1. The van der Waals surface area contributed by atoms with Gasteiger partial charge in [0.1, 0.15) is 5.41 Å². The van der Waals surface area contributed by atoms with Crippen molar-refractivity contribution >= 4 is 15.8 Å². The van der Waals surface area contributed by atoms with E-state index in [9.17, 15) is 18.3 Å². The van der Waals surface area contributed by atoms with E-state index in [1.165, 1.54) is 6.92 Å². The number of sulfone groups is 1. The van der Waals surface area contributed by atoms with Gasteiger partial charge in [-0.2, -0.15) is 0 Å². The molecule has 1 aliphatic carbocycles. The number of benzene rings is 1. The topological polar surface area (TPSA) is 97.5 Å². The molecule has 6 heteroatoms. The molecule has 20 heavy (non-hydrogen) atoms. The Hall–Kier alpha value is -1.40. The van der Waals surface area contributed by atoms with E-state index in [1.807, 2.05) is 19.1 Å². The smallest absolute Gasteiger partial charge is 0.312 e. The summed E-state index contributed by atoms with van der Waals surface area (Å²) in [5.74, 6) is -1.77. The second kappa shape index (κ2) is 4.86. The summed E-state index contributed by atoms with van der Waals surface area (Å²) in [5.41, 5.74) is 6.01. The quantitative estimate of drug-likeness (QED) is 0.842. The number of hydrogen-bond acceptors (Lipinski definition) is 4. The zero-order valence-electron chi connectivity index (χ0n) is 11.5. The van der Waals surface area contributed by atoms with Gasteiger partial charge in [-0.25, -0.2) is 8.42 Å². The Labute approximate surface area is 118 Å². The average molecular weight is 297 g/mol. The first-order chi connectivity index (χ1) is 9.31. The van der Waals surface area contributed by atoms with E-state index in [4.69, 9.17) is 5.73 Å². The molecular formula is C14H19NO4S. The first kappa shape index (κ1) is 15.0. The van der Waals surface area contributed by atoms with Crippen LogP contribution in [0.5, 0.6) is 0 Å². The summed E-state index contributed by atoms with van der Waals surface area (Å²) in [6, 6.07) is 7.29. The normalized spacial score (nSPS) is 29.1. The maximum atomic E-state index is 12.2. The van der Waals surface area contributed by atoms with E-state index >= 15 is 0 Å². The minimum atomic E-state index is -3.46. The van der Waals surface area contributed by atoms with E-state index in [-0.39, 0.29) is 12.3 Å². The monoisotopic (exact) mass is 297 g/mol. The maximum Gasteiger partial charge on any atom is 0.312 e. The van der Waals surface area contributed by atoms with Crippen LogP contribution in [-0.4, -0.2) is 37.0 Å². The molecule has 1 aromatic rings. The SMILES string of the molecule is CCS(=O)(=O)[C@@H]1[C@@H](c2ccc(C)cc2)[C@@]1(CN)C(=O)O. The third-order valence-corrected chi connectivity index (χ3v) is 6.49. The fourth-order valence-corrected chi connectivity index (χ4v) is 5.02. The Kier molecular flexibility index (Phi) is 3.64. The highest BCUT2D eigenvalue weighted by molar-refractivity contribution is 7.92. The number of carboxylic acids is 1. The molecule has 0 aromatic heterocycles. The summed E-state index contributed by atoms with van der Waals surface area (Å²) >= 11 is 0. The number of hydrogen-bond donors (Lipinski definition) is 2. The molecule has 0 amide bonds. The van der Waals surface area contributed by atoms with Crippen LogP contribution >= 0.6 is 0 Å². The summed E-state index contributed by atoms with van der Waals surface area (Å²) in [7, 11) is -3.46. The minimum Gasteiger partial charge on any atom is -0.481 e.